The summed E-state index contributed by atoms with van der Waals surface area (Å²) in [5.74, 6) is -2.11. The number of rotatable bonds is 9. The lowest BCUT2D eigenvalue weighted by atomic mass is 10.1. The molecule has 0 radical (unpaired) electrons. The largest absolute Gasteiger partial charge is 0.471 e. The first-order valence-electron chi connectivity index (χ1n) is 10.1. The number of aromatic nitrogens is 2. The molecule has 3 aromatic rings. The van der Waals surface area contributed by atoms with Gasteiger partial charge in [-0.05, 0) is 44.5 Å². The molecule has 0 aliphatic heterocycles. The highest BCUT2D eigenvalue weighted by molar-refractivity contribution is 7.18. The minimum atomic E-state index is -0.668. The van der Waals surface area contributed by atoms with Crippen molar-refractivity contribution in [2.24, 2.45) is 0 Å². The molecule has 34 heavy (non-hydrogen) atoms. The normalized spacial score (nSPS) is 10.6. The topological polar surface area (TPSA) is 109 Å². The molecule has 0 saturated carbocycles. The standard InChI is InChI=1S/C22H21ClFN3O6S/c1-4-31-21(29)17-12(3)18(22(30)32-5-2)34-20(17)25-19(28)16-8-9-27(26-16)11-33-13-6-7-15(24)14(23)10-13/h6-10H,4-5,11H2,1-3H3,(H,25,28). The van der Waals surface area contributed by atoms with E-state index in [1.54, 1.807) is 20.8 Å². The molecule has 2 heterocycles. The number of nitrogens with zero attached hydrogens (tertiary/aromatic N) is 2. The number of ether oxygens (including phenoxy) is 3. The van der Waals surface area contributed by atoms with Gasteiger partial charge in [-0.3, -0.25) is 4.79 Å². The first-order chi connectivity index (χ1) is 16.2. The number of anilines is 1. The number of halogens is 2. The van der Waals surface area contributed by atoms with Crippen molar-refractivity contribution in [1.29, 1.82) is 0 Å². The second kappa shape index (κ2) is 11.1. The van der Waals surface area contributed by atoms with Gasteiger partial charge < -0.3 is 19.5 Å². The number of amides is 1. The van der Waals surface area contributed by atoms with Crippen LogP contribution in [0.3, 0.4) is 0 Å². The quantitative estimate of drug-likeness (QED) is 0.417. The summed E-state index contributed by atoms with van der Waals surface area (Å²) in [4.78, 5) is 37.7. The van der Waals surface area contributed by atoms with Crippen LogP contribution in [0, 0.1) is 12.7 Å². The number of carbonyl (C=O) groups is 3. The lowest BCUT2D eigenvalue weighted by molar-refractivity contribution is 0.0527. The van der Waals surface area contributed by atoms with Crippen LogP contribution in [0.2, 0.25) is 5.02 Å². The minimum Gasteiger partial charge on any atom is -0.471 e. The SMILES string of the molecule is CCOC(=O)c1sc(NC(=O)c2ccn(COc3ccc(F)c(Cl)c3)n2)c(C(=O)OCC)c1C. The number of esters is 2. The molecule has 1 aromatic carbocycles. The number of nitrogens with one attached hydrogen (secondary N) is 1. The van der Waals surface area contributed by atoms with Crippen LogP contribution in [-0.2, 0) is 16.2 Å². The van der Waals surface area contributed by atoms with Crippen LogP contribution in [-0.4, -0.2) is 40.8 Å². The summed E-state index contributed by atoms with van der Waals surface area (Å²) in [5, 5.41) is 6.82. The third-order valence-corrected chi connectivity index (χ3v) is 5.92. The van der Waals surface area contributed by atoms with Crippen LogP contribution in [0.25, 0.3) is 0 Å². The zero-order valence-corrected chi connectivity index (χ0v) is 20.1. The molecule has 9 nitrogen and oxygen atoms in total. The Kier molecular flexibility index (Phi) is 8.24. The predicted molar refractivity (Wildman–Crippen MR) is 123 cm³/mol. The van der Waals surface area contributed by atoms with Gasteiger partial charge in [0.25, 0.3) is 5.91 Å². The van der Waals surface area contributed by atoms with Crippen molar-refractivity contribution in [2.75, 3.05) is 18.5 Å². The summed E-state index contributed by atoms with van der Waals surface area (Å²) in [6.45, 7) is 5.13. The molecular formula is C22H21ClFN3O6S. The van der Waals surface area contributed by atoms with Crippen molar-refractivity contribution in [2.45, 2.75) is 27.5 Å². The highest BCUT2D eigenvalue weighted by atomic mass is 35.5. The van der Waals surface area contributed by atoms with E-state index in [0.29, 0.717) is 11.3 Å². The fraction of sp³-hybridized carbons (Fsp3) is 0.273. The number of thiophene rings is 1. The van der Waals surface area contributed by atoms with Gasteiger partial charge in [0.1, 0.15) is 21.4 Å². The molecule has 1 amide bonds. The molecule has 0 aliphatic rings. The predicted octanol–water partition coefficient (Wildman–Crippen LogP) is 4.69. The first kappa shape index (κ1) is 25.2. The van der Waals surface area contributed by atoms with Gasteiger partial charge in [0.05, 0.1) is 23.8 Å². The number of carbonyl (C=O) groups excluding carboxylic acids is 3. The molecule has 12 heteroatoms. The molecule has 0 atom stereocenters. The Morgan fingerprint density at radius 1 is 1.15 bits per heavy atom. The van der Waals surface area contributed by atoms with Gasteiger partial charge in [-0.25, -0.2) is 18.7 Å². The molecule has 180 valence electrons. The molecule has 0 bridgehead atoms. The molecule has 1 N–H and O–H groups in total. The van der Waals surface area contributed by atoms with Crippen molar-refractivity contribution in [1.82, 2.24) is 9.78 Å². The van der Waals surface area contributed by atoms with E-state index in [-0.39, 0.29) is 46.1 Å². The zero-order chi connectivity index (χ0) is 24.8. The van der Waals surface area contributed by atoms with Crippen LogP contribution in [0.15, 0.2) is 30.5 Å². The highest BCUT2D eigenvalue weighted by Gasteiger charge is 2.28. The van der Waals surface area contributed by atoms with Crippen molar-refractivity contribution < 1.29 is 33.0 Å². The molecule has 0 aliphatic carbocycles. The van der Waals surface area contributed by atoms with Crippen LogP contribution in [0.5, 0.6) is 5.75 Å². The van der Waals surface area contributed by atoms with Crippen molar-refractivity contribution >= 4 is 45.8 Å². The van der Waals surface area contributed by atoms with Crippen LogP contribution >= 0.6 is 22.9 Å². The van der Waals surface area contributed by atoms with E-state index in [4.69, 9.17) is 25.8 Å². The van der Waals surface area contributed by atoms with Crippen LogP contribution < -0.4 is 10.1 Å². The summed E-state index contributed by atoms with van der Waals surface area (Å²) in [6, 6.07) is 5.36. The van der Waals surface area contributed by atoms with Crippen molar-refractivity contribution in [3.8, 4) is 5.75 Å². The summed E-state index contributed by atoms with van der Waals surface area (Å²) < 4.78 is 30.2. The van der Waals surface area contributed by atoms with Gasteiger partial charge >= 0.3 is 11.9 Å². The summed E-state index contributed by atoms with van der Waals surface area (Å²) in [7, 11) is 0. The Labute approximate surface area is 203 Å². The second-order valence-electron chi connectivity index (χ2n) is 6.75. The second-order valence-corrected chi connectivity index (χ2v) is 8.17. The van der Waals surface area contributed by atoms with E-state index >= 15 is 0 Å². The lowest BCUT2D eigenvalue weighted by Gasteiger charge is -2.07. The molecular weight excluding hydrogens is 489 g/mol. The molecule has 0 unspecified atom stereocenters. The van der Waals surface area contributed by atoms with Gasteiger partial charge in [-0.2, -0.15) is 5.10 Å². The maximum atomic E-state index is 13.3. The van der Waals surface area contributed by atoms with Crippen LogP contribution in [0.1, 0.15) is 49.9 Å². The van der Waals surface area contributed by atoms with Crippen molar-refractivity contribution in [3.63, 3.8) is 0 Å². The Hall–Kier alpha value is -3.44. The Bertz CT molecular complexity index is 1230. The van der Waals surface area contributed by atoms with E-state index in [9.17, 15) is 18.8 Å². The van der Waals surface area contributed by atoms with E-state index < -0.39 is 23.7 Å². The average Bonchev–Trinajstić information content (AvgIpc) is 3.39. The van der Waals surface area contributed by atoms with Gasteiger partial charge in [0, 0.05) is 12.3 Å². The van der Waals surface area contributed by atoms with E-state index in [0.717, 1.165) is 11.3 Å². The Morgan fingerprint density at radius 2 is 1.85 bits per heavy atom. The summed E-state index contributed by atoms with van der Waals surface area (Å²) in [5.41, 5.74) is 0.479. The lowest BCUT2D eigenvalue weighted by Crippen LogP contribution is -2.16. The van der Waals surface area contributed by atoms with Gasteiger partial charge in [-0.15, -0.1) is 11.3 Å². The third-order valence-electron chi connectivity index (χ3n) is 4.44. The Morgan fingerprint density at radius 3 is 2.53 bits per heavy atom. The fourth-order valence-electron chi connectivity index (χ4n) is 2.87. The monoisotopic (exact) mass is 509 g/mol. The molecule has 0 spiro atoms. The van der Waals surface area contributed by atoms with Gasteiger partial charge in [0.15, 0.2) is 12.4 Å². The molecule has 2 aromatic heterocycles. The number of hydrogen-bond acceptors (Lipinski definition) is 8. The maximum absolute atomic E-state index is 13.3. The molecule has 3 rings (SSSR count). The smallest absolute Gasteiger partial charge is 0.348 e. The average molecular weight is 510 g/mol. The fourth-order valence-corrected chi connectivity index (χ4v) is 4.13. The van der Waals surface area contributed by atoms with E-state index in [1.807, 2.05) is 0 Å². The third kappa shape index (κ3) is 5.72. The maximum Gasteiger partial charge on any atom is 0.348 e. The Balaban J connectivity index is 1.76. The summed E-state index contributed by atoms with van der Waals surface area (Å²) in [6.07, 6.45) is 1.51. The van der Waals surface area contributed by atoms with Crippen molar-refractivity contribution in [3.05, 3.63) is 63.0 Å². The van der Waals surface area contributed by atoms with Crippen LogP contribution in [0.4, 0.5) is 9.39 Å². The summed E-state index contributed by atoms with van der Waals surface area (Å²) >= 11 is 6.65. The molecule has 0 saturated heterocycles. The zero-order valence-electron chi connectivity index (χ0n) is 18.5. The van der Waals surface area contributed by atoms with Gasteiger partial charge in [0.2, 0.25) is 0 Å². The molecule has 0 fully saturated rings. The number of benzene rings is 1. The minimum absolute atomic E-state index is 0.0410. The van der Waals surface area contributed by atoms with Gasteiger partial charge in [-0.1, -0.05) is 11.6 Å². The first-order valence-corrected chi connectivity index (χ1v) is 11.3. The highest BCUT2D eigenvalue weighted by Crippen LogP contribution is 2.34. The van der Waals surface area contributed by atoms with E-state index in [1.165, 1.54) is 35.1 Å². The van der Waals surface area contributed by atoms with E-state index in [2.05, 4.69) is 10.4 Å². The number of hydrogen-bond donors (Lipinski definition) is 1.